The monoisotopic (exact) mass is 261 g/mol. The van der Waals surface area contributed by atoms with Gasteiger partial charge in [-0.25, -0.2) is 4.79 Å². The number of likely N-dealkylation sites (N-methyl/N-ethyl adjacent to an activating group) is 1. The molecule has 19 heavy (non-hydrogen) atoms. The number of carbonyl (C=O) groups is 1. The third-order valence-electron chi connectivity index (χ3n) is 3.58. The summed E-state index contributed by atoms with van der Waals surface area (Å²) < 4.78 is 5.45. The van der Waals surface area contributed by atoms with Gasteiger partial charge in [0, 0.05) is 7.05 Å². The molecule has 0 aliphatic heterocycles. The summed E-state index contributed by atoms with van der Waals surface area (Å²) in [5.41, 5.74) is 0.799. The second-order valence-corrected chi connectivity index (χ2v) is 6.43. The van der Waals surface area contributed by atoms with Gasteiger partial charge >= 0.3 is 6.09 Å². The zero-order valence-corrected chi connectivity index (χ0v) is 12.3. The molecule has 0 spiro atoms. The molecule has 1 aliphatic carbocycles. The second kappa shape index (κ2) is 4.87. The topological polar surface area (TPSA) is 29.5 Å². The first-order valence-electron chi connectivity index (χ1n) is 6.83. The predicted molar refractivity (Wildman–Crippen MR) is 76.1 cm³/mol. The maximum atomic E-state index is 12.1. The lowest BCUT2D eigenvalue weighted by molar-refractivity contribution is 0.0195. The molecule has 0 atom stereocenters. The normalized spacial score (nSPS) is 16.8. The van der Waals surface area contributed by atoms with Gasteiger partial charge in [-0.2, -0.15) is 0 Å². The average molecular weight is 261 g/mol. The number of amides is 1. The van der Waals surface area contributed by atoms with Crippen molar-refractivity contribution in [3.8, 4) is 0 Å². The Morgan fingerprint density at radius 3 is 2.32 bits per heavy atom. The molecule has 1 fully saturated rings. The summed E-state index contributed by atoms with van der Waals surface area (Å²) in [5, 5.41) is 0. The standard InChI is InChI=1S/C16H23NO2/c1-15(2,3)19-14(18)17(4)16(10-11-16)12-13-8-6-5-7-9-13/h5-9H,10-12H2,1-4H3. The molecule has 0 N–H and O–H groups in total. The number of ether oxygens (including phenoxy) is 1. The van der Waals surface area contributed by atoms with E-state index in [2.05, 4.69) is 12.1 Å². The molecular formula is C16H23NO2. The van der Waals surface area contributed by atoms with Crippen molar-refractivity contribution < 1.29 is 9.53 Å². The van der Waals surface area contributed by atoms with Crippen molar-refractivity contribution in [3.05, 3.63) is 35.9 Å². The van der Waals surface area contributed by atoms with E-state index < -0.39 is 5.60 Å². The summed E-state index contributed by atoms with van der Waals surface area (Å²) in [4.78, 5) is 13.9. The van der Waals surface area contributed by atoms with E-state index in [4.69, 9.17) is 4.74 Å². The lowest BCUT2D eigenvalue weighted by atomic mass is 10.0. The zero-order valence-electron chi connectivity index (χ0n) is 12.3. The SMILES string of the molecule is CN(C(=O)OC(C)(C)C)C1(Cc2ccccc2)CC1. The molecule has 0 heterocycles. The molecule has 1 amide bonds. The Morgan fingerprint density at radius 1 is 1.26 bits per heavy atom. The van der Waals surface area contributed by atoms with Gasteiger partial charge in [-0.1, -0.05) is 30.3 Å². The van der Waals surface area contributed by atoms with Crippen LogP contribution in [-0.2, 0) is 11.2 Å². The van der Waals surface area contributed by atoms with Gasteiger partial charge in [-0.3, -0.25) is 0 Å². The number of hydrogen-bond acceptors (Lipinski definition) is 2. The van der Waals surface area contributed by atoms with Gasteiger partial charge in [-0.15, -0.1) is 0 Å². The van der Waals surface area contributed by atoms with Crippen LogP contribution >= 0.6 is 0 Å². The minimum Gasteiger partial charge on any atom is -0.444 e. The Labute approximate surface area is 115 Å². The fourth-order valence-electron chi connectivity index (χ4n) is 2.27. The highest BCUT2D eigenvalue weighted by Crippen LogP contribution is 2.44. The summed E-state index contributed by atoms with van der Waals surface area (Å²) in [5.74, 6) is 0. The van der Waals surface area contributed by atoms with E-state index in [0.29, 0.717) is 0 Å². The highest BCUT2D eigenvalue weighted by atomic mass is 16.6. The van der Waals surface area contributed by atoms with Crippen LogP contribution < -0.4 is 0 Å². The Morgan fingerprint density at radius 2 is 1.84 bits per heavy atom. The van der Waals surface area contributed by atoms with Crippen LogP contribution in [0.5, 0.6) is 0 Å². The number of nitrogens with zero attached hydrogens (tertiary/aromatic N) is 1. The molecule has 0 radical (unpaired) electrons. The second-order valence-electron chi connectivity index (χ2n) is 6.43. The van der Waals surface area contributed by atoms with Crippen LogP contribution in [0.1, 0.15) is 39.2 Å². The van der Waals surface area contributed by atoms with Gasteiger partial charge in [-0.05, 0) is 45.6 Å². The van der Waals surface area contributed by atoms with Gasteiger partial charge in [0.15, 0.2) is 0 Å². The van der Waals surface area contributed by atoms with Gasteiger partial charge in [0.25, 0.3) is 0 Å². The summed E-state index contributed by atoms with van der Waals surface area (Å²) in [6.07, 6.45) is 2.79. The quantitative estimate of drug-likeness (QED) is 0.831. The van der Waals surface area contributed by atoms with Gasteiger partial charge in [0.1, 0.15) is 5.60 Å². The Kier molecular flexibility index (Phi) is 3.57. The molecule has 0 unspecified atom stereocenters. The Bertz CT molecular complexity index is 444. The van der Waals surface area contributed by atoms with Crippen molar-refractivity contribution in [1.82, 2.24) is 4.90 Å². The van der Waals surface area contributed by atoms with Crippen LogP contribution in [0.4, 0.5) is 4.79 Å². The Hall–Kier alpha value is -1.51. The fraction of sp³-hybridized carbons (Fsp3) is 0.562. The van der Waals surface area contributed by atoms with Crippen LogP contribution in [0.25, 0.3) is 0 Å². The number of rotatable bonds is 3. The van der Waals surface area contributed by atoms with E-state index in [9.17, 15) is 4.79 Å². The van der Waals surface area contributed by atoms with Crippen molar-refractivity contribution in [1.29, 1.82) is 0 Å². The predicted octanol–water partition coefficient (Wildman–Crippen LogP) is 3.63. The number of carbonyl (C=O) groups excluding carboxylic acids is 1. The molecule has 1 aromatic carbocycles. The summed E-state index contributed by atoms with van der Waals surface area (Å²) in [6.45, 7) is 5.69. The van der Waals surface area contributed by atoms with E-state index in [0.717, 1.165) is 19.3 Å². The van der Waals surface area contributed by atoms with Crippen LogP contribution in [0.3, 0.4) is 0 Å². The van der Waals surface area contributed by atoms with Crippen molar-refractivity contribution in [2.24, 2.45) is 0 Å². The largest absolute Gasteiger partial charge is 0.444 e. The average Bonchev–Trinajstić information content (AvgIpc) is 3.08. The highest BCUT2D eigenvalue weighted by Gasteiger charge is 2.49. The van der Waals surface area contributed by atoms with Crippen molar-refractivity contribution in [2.45, 2.75) is 51.2 Å². The third-order valence-corrected chi connectivity index (χ3v) is 3.58. The lowest BCUT2D eigenvalue weighted by Gasteiger charge is -2.31. The minimum atomic E-state index is -0.436. The first kappa shape index (κ1) is 13.9. The van der Waals surface area contributed by atoms with E-state index in [1.54, 1.807) is 4.90 Å². The van der Waals surface area contributed by atoms with Crippen LogP contribution in [0.15, 0.2) is 30.3 Å². The molecule has 0 aromatic heterocycles. The molecule has 3 nitrogen and oxygen atoms in total. The fourth-order valence-corrected chi connectivity index (χ4v) is 2.27. The van der Waals surface area contributed by atoms with Crippen LogP contribution in [0.2, 0.25) is 0 Å². The van der Waals surface area contributed by atoms with E-state index in [1.165, 1.54) is 5.56 Å². The van der Waals surface area contributed by atoms with Gasteiger partial charge in [0.2, 0.25) is 0 Å². The minimum absolute atomic E-state index is 0.0380. The van der Waals surface area contributed by atoms with Crippen LogP contribution in [0, 0.1) is 0 Å². The van der Waals surface area contributed by atoms with Gasteiger partial charge in [0.05, 0.1) is 5.54 Å². The molecular weight excluding hydrogens is 238 g/mol. The smallest absolute Gasteiger partial charge is 0.410 e. The molecule has 0 saturated heterocycles. The summed E-state index contributed by atoms with van der Waals surface area (Å²) in [6, 6.07) is 10.3. The maximum absolute atomic E-state index is 12.1. The summed E-state index contributed by atoms with van der Waals surface area (Å²) in [7, 11) is 1.85. The van der Waals surface area contributed by atoms with Crippen molar-refractivity contribution in [2.75, 3.05) is 7.05 Å². The number of hydrogen-bond donors (Lipinski definition) is 0. The van der Waals surface area contributed by atoms with Crippen molar-refractivity contribution in [3.63, 3.8) is 0 Å². The molecule has 104 valence electrons. The highest BCUT2D eigenvalue weighted by molar-refractivity contribution is 5.69. The van der Waals surface area contributed by atoms with E-state index in [1.807, 2.05) is 46.0 Å². The lowest BCUT2D eigenvalue weighted by Crippen LogP contribution is -2.43. The molecule has 2 rings (SSSR count). The first-order chi connectivity index (χ1) is 8.82. The summed E-state index contributed by atoms with van der Waals surface area (Å²) >= 11 is 0. The molecule has 0 bridgehead atoms. The van der Waals surface area contributed by atoms with E-state index >= 15 is 0 Å². The first-order valence-corrected chi connectivity index (χ1v) is 6.83. The van der Waals surface area contributed by atoms with E-state index in [-0.39, 0.29) is 11.6 Å². The third kappa shape index (κ3) is 3.49. The molecule has 1 aliphatic rings. The molecule has 3 heteroatoms. The zero-order chi connectivity index (χ0) is 14.1. The molecule has 1 aromatic rings. The van der Waals surface area contributed by atoms with Crippen LogP contribution in [-0.4, -0.2) is 29.2 Å². The molecule has 1 saturated carbocycles. The maximum Gasteiger partial charge on any atom is 0.410 e. The number of benzene rings is 1. The Balaban J connectivity index is 2.02. The van der Waals surface area contributed by atoms with Crippen molar-refractivity contribution >= 4 is 6.09 Å². The van der Waals surface area contributed by atoms with Gasteiger partial charge < -0.3 is 9.64 Å².